The van der Waals surface area contributed by atoms with Crippen LogP contribution in [0.15, 0.2) is 12.1 Å². The molecule has 1 aromatic rings. The van der Waals surface area contributed by atoms with Crippen LogP contribution in [-0.4, -0.2) is 32.0 Å². The molecule has 1 aromatic carbocycles. The van der Waals surface area contributed by atoms with Crippen molar-refractivity contribution in [1.29, 1.82) is 0 Å². The first-order valence-electron chi connectivity index (χ1n) is 8.87. The average Bonchev–Trinajstić information content (AvgIpc) is 3.26. The summed E-state index contributed by atoms with van der Waals surface area (Å²) < 4.78 is 39.1. The van der Waals surface area contributed by atoms with E-state index in [1.54, 1.807) is 0 Å². The second kappa shape index (κ2) is 6.08. The molecule has 2 aliphatic rings. The topological polar surface area (TPSA) is 64.6 Å². The van der Waals surface area contributed by atoms with Crippen molar-refractivity contribution in [2.24, 2.45) is 0 Å². The zero-order valence-corrected chi connectivity index (χ0v) is 16.8. The summed E-state index contributed by atoms with van der Waals surface area (Å²) in [5.41, 5.74) is 3.33. The van der Waals surface area contributed by atoms with Crippen molar-refractivity contribution in [2.75, 3.05) is 0 Å². The summed E-state index contributed by atoms with van der Waals surface area (Å²) in [5.74, 6) is 0. The van der Waals surface area contributed by atoms with Crippen molar-refractivity contribution in [3.05, 3.63) is 28.8 Å². The van der Waals surface area contributed by atoms with Crippen LogP contribution in [-0.2, 0) is 25.9 Å². The molecule has 2 fully saturated rings. The van der Waals surface area contributed by atoms with Crippen molar-refractivity contribution in [3.8, 4) is 0 Å². The molecule has 1 saturated heterocycles. The fraction of sp³-hybridized carbons (Fsp3) is 0.667. The average molecular weight is 365 g/mol. The van der Waals surface area contributed by atoms with Gasteiger partial charge in [0.2, 0.25) is 10.0 Å². The van der Waals surface area contributed by atoms with Crippen LogP contribution in [0.2, 0.25) is 0 Å². The monoisotopic (exact) mass is 365 g/mol. The number of nitrogens with one attached hydrogen (secondary N) is 1. The third kappa shape index (κ3) is 3.65. The van der Waals surface area contributed by atoms with Gasteiger partial charge in [0, 0.05) is 6.54 Å². The highest BCUT2D eigenvalue weighted by Crippen LogP contribution is 2.36. The molecule has 1 aliphatic carbocycles. The first kappa shape index (κ1) is 18.9. The number of hydrogen-bond acceptors (Lipinski definition) is 4. The van der Waals surface area contributed by atoms with Gasteiger partial charge < -0.3 is 9.31 Å². The molecule has 0 bridgehead atoms. The maximum Gasteiger partial charge on any atom is 0.494 e. The second-order valence-electron chi connectivity index (χ2n) is 8.29. The van der Waals surface area contributed by atoms with Gasteiger partial charge in [-0.15, -0.1) is 0 Å². The SMILES string of the molecule is Cc1cc(B2OC(C)(C)C(C)(C)O2)cc(C)c1CNS(=O)(=O)C1CC1. The Bertz CT molecular complexity index is 745. The molecule has 0 radical (unpaired) electrons. The van der Waals surface area contributed by atoms with Crippen molar-refractivity contribution >= 4 is 22.6 Å². The Balaban J connectivity index is 1.79. The summed E-state index contributed by atoms with van der Waals surface area (Å²) in [6.45, 7) is 12.5. The zero-order chi connectivity index (χ0) is 18.6. The molecule has 0 aromatic heterocycles. The lowest BCUT2D eigenvalue weighted by Gasteiger charge is -2.32. The fourth-order valence-electron chi connectivity index (χ4n) is 3.09. The van der Waals surface area contributed by atoms with Crippen molar-refractivity contribution in [1.82, 2.24) is 4.72 Å². The fourth-order valence-corrected chi connectivity index (χ4v) is 4.43. The van der Waals surface area contributed by atoms with Crippen LogP contribution >= 0.6 is 0 Å². The van der Waals surface area contributed by atoms with E-state index in [4.69, 9.17) is 9.31 Å². The standard InChI is InChI=1S/C18H28BNO4S/c1-12-9-14(19-23-17(3,4)18(5,6)24-19)10-13(2)16(12)11-20-25(21,22)15-7-8-15/h9-10,15,20H,7-8,11H2,1-6H3. The van der Waals surface area contributed by atoms with E-state index in [1.807, 2.05) is 53.7 Å². The number of sulfonamides is 1. The minimum atomic E-state index is -3.17. The van der Waals surface area contributed by atoms with Gasteiger partial charge in [-0.3, -0.25) is 0 Å². The first-order chi connectivity index (χ1) is 11.4. The predicted molar refractivity (Wildman–Crippen MR) is 100 cm³/mol. The quantitative estimate of drug-likeness (QED) is 0.813. The molecule has 5 nitrogen and oxygen atoms in total. The Morgan fingerprint density at radius 3 is 2.00 bits per heavy atom. The van der Waals surface area contributed by atoms with E-state index >= 15 is 0 Å². The van der Waals surface area contributed by atoms with Crippen LogP contribution < -0.4 is 10.2 Å². The van der Waals surface area contributed by atoms with Gasteiger partial charge in [0.25, 0.3) is 0 Å². The van der Waals surface area contributed by atoms with E-state index in [9.17, 15) is 8.42 Å². The van der Waals surface area contributed by atoms with E-state index < -0.39 is 17.1 Å². The van der Waals surface area contributed by atoms with Crippen LogP contribution in [0.25, 0.3) is 0 Å². The van der Waals surface area contributed by atoms with Crippen molar-refractivity contribution < 1.29 is 17.7 Å². The Labute approximate surface area is 151 Å². The molecule has 1 heterocycles. The van der Waals surface area contributed by atoms with Gasteiger partial charge in [0.15, 0.2) is 0 Å². The Kier molecular flexibility index (Phi) is 4.60. The summed E-state index contributed by atoms with van der Waals surface area (Å²) in [5, 5.41) is -0.197. The Morgan fingerprint density at radius 1 is 1.08 bits per heavy atom. The molecule has 0 unspecified atom stereocenters. The molecule has 0 spiro atoms. The lowest BCUT2D eigenvalue weighted by molar-refractivity contribution is 0.00578. The molecule has 1 aliphatic heterocycles. The number of rotatable bonds is 5. The van der Waals surface area contributed by atoms with Crippen molar-refractivity contribution in [3.63, 3.8) is 0 Å². The molecular weight excluding hydrogens is 337 g/mol. The van der Waals surface area contributed by atoms with E-state index in [2.05, 4.69) is 4.72 Å². The number of hydrogen-bond donors (Lipinski definition) is 1. The summed E-state index contributed by atoms with van der Waals surface area (Å²) in [4.78, 5) is 0. The maximum atomic E-state index is 12.1. The van der Waals surface area contributed by atoms with Gasteiger partial charge in [-0.2, -0.15) is 0 Å². The lowest BCUT2D eigenvalue weighted by Crippen LogP contribution is -2.41. The van der Waals surface area contributed by atoms with Crippen molar-refractivity contribution in [2.45, 2.75) is 77.4 Å². The molecule has 0 amide bonds. The van der Waals surface area contributed by atoms with Crippen LogP contribution in [0.4, 0.5) is 0 Å². The van der Waals surface area contributed by atoms with Gasteiger partial charge in [-0.05, 0) is 76.5 Å². The molecule has 25 heavy (non-hydrogen) atoms. The molecule has 1 N–H and O–H groups in total. The highest BCUT2D eigenvalue weighted by molar-refractivity contribution is 7.90. The molecule has 0 atom stereocenters. The molecule has 1 saturated carbocycles. The van der Waals surface area contributed by atoms with Gasteiger partial charge >= 0.3 is 7.12 Å². The minimum Gasteiger partial charge on any atom is -0.399 e. The highest BCUT2D eigenvalue weighted by atomic mass is 32.2. The van der Waals surface area contributed by atoms with Crippen LogP contribution in [0.5, 0.6) is 0 Å². The van der Waals surface area contributed by atoms with E-state index in [1.165, 1.54) is 0 Å². The summed E-state index contributed by atoms with van der Waals surface area (Å²) in [6.07, 6.45) is 1.54. The van der Waals surface area contributed by atoms with E-state index in [-0.39, 0.29) is 16.5 Å². The van der Waals surface area contributed by atoms with E-state index in [0.717, 1.165) is 35.0 Å². The molecule has 7 heteroatoms. The largest absolute Gasteiger partial charge is 0.494 e. The van der Waals surface area contributed by atoms with Crippen LogP contribution in [0.3, 0.4) is 0 Å². The highest BCUT2D eigenvalue weighted by Gasteiger charge is 2.51. The minimum absolute atomic E-state index is 0.197. The zero-order valence-electron chi connectivity index (χ0n) is 16.0. The van der Waals surface area contributed by atoms with Crippen LogP contribution in [0.1, 0.15) is 57.2 Å². The van der Waals surface area contributed by atoms with Gasteiger partial charge in [-0.25, -0.2) is 13.1 Å². The van der Waals surface area contributed by atoms with Crippen LogP contribution in [0, 0.1) is 13.8 Å². The first-order valence-corrected chi connectivity index (χ1v) is 10.4. The molecular formula is C18H28BNO4S. The lowest BCUT2D eigenvalue weighted by atomic mass is 9.76. The number of aryl methyl sites for hydroxylation is 2. The predicted octanol–water partition coefficient (Wildman–Crippen LogP) is 2.18. The van der Waals surface area contributed by atoms with E-state index in [0.29, 0.717) is 6.54 Å². The second-order valence-corrected chi connectivity index (χ2v) is 10.3. The molecule has 3 rings (SSSR count). The number of benzene rings is 1. The third-order valence-electron chi connectivity index (χ3n) is 5.66. The Hall–Kier alpha value is -0.885. The summed E-state index contributed by atoms with van der Waals surface area (Å²) in [7, 11) is -3.58. The van der Waals surface area contributed by atoms with Gasteiger partial charge in [-0.1, -0.05) is 12.1 Å². The van der Waals surface area contributed by atoms with Gasteiger partial charge in [0.05, 0.1) is 16.5 Å². The summed E-state index contributed by atoms with van der Waals surface area (Å²) in [6, 6.07) is 4.08. The third-order valence-corrected chi connectivity index (χ3v) is 7.55. The van der Waals surface area contributed by atoms with Gasteiger partial charge in [0.1, 0.15) is 0 Å². The maximum absolute atomic E-state index is 12.1. The Morgan fingerprint density at radius 2 is 1.56 bits per heavy atom. The molecule has 138 valence electrons. The smallest absolute Gasteiger partial charge is 0.399 e. The normalized spacial score (nSPS) is 22.4. The summed E-state index contributed by atoms with van der Waals surface area (Å²) >= 11 is 0.